The van der Waals surface area contributed by atoms with Crippen molar-refractivity contribution in [2.24, 2.45) is 0 Å². The summed E-state index contributed by atoms with van der Waals surface area (Å²) in [6.45, 7) is 6.72. The Morgan fingerprint density at radius 1 is 1.39 bits per heavy atom. The molecule has 0 spiro atoms. The molecule has 6 heteroatoms. The zero-order chi connectivity index (χ0) is 13.9. The first-order valence-electron chi connectivity index (χ1n) is 5.94. The van der Waals surface area contributed by atoms with Gasteiger partial charge in [-0.1, -0.05) is 0 Å². The van der Waals surface area contributed by atoms with Gasteiger partial charge in [0.05, 0.1) is 5.75 Å². The molecule has 0 radical (unpaired) electrons. The molecule has 0 aliphatic rings. The van der Waals surface area contributed by atoms with E-state index in [2.05, 4.69) is 32.2 Å². The molecule has 0 saturated heterocycles. The molecule has 0 fully saturated rings. The van der Waals surface area contributed by atoms with Gasteiger partial charge in [-0.3, -0.25) is 0 Å². The van der Waals surface area contributed by atoms with Gasteiger partial charge in [-0.05, 0) is 32.4 Å². The van der Waals surface area contributed by atoms with Gasteiger partial charge < -0.3 is 5.32 Å². The molecular formula is C12H22N2O2S2. The molecule has 4 nitrogen and oxygen atoms in total. The lowest BCUT2D eigenvalue weighted by atomic mass is 10.1. The summed E-state index contributed by atoms with van der Waals surface area (Å²) < 4.78 is 24.5. The number of nitrogens with zero attached hydrogens (tertiary/aromatic N) is 1. The molecule has 1 unspecified atom stereocenters. The zero-order valence-corrected chi connectivity index (χ0v) is 13.3. The van der Waals surface area contributed by atoms with E-state index in [4.69, 9.17) is 0 Å². The Kier molecular flexibility index (Phi) is 5.33. The van der Waals surface area contributed by atoms with Crippen molar-refractivity contribution in [2.75, 3.05) is 26.4 Å². The predicted octanol–water partition coefficient (Wildman–Crippen LogP) is 1.91. The van der Waals surface area contributed by atoms with Crippen LogP contribution in [0.1, 0.15) is 28.3 Å². The molecule has 0 bridgehead atoms. The molecule has 1 heterocycles. The third-order valence-electron chi connectivity index (χ3n) is 2.91. The maximum Gasteiger partial charge on any atom is 0.214 e. The lowest BCUT2D eigenvalue weighted by Crippen LogP contribution is -2.32. The van der Waals surface area contributed by atoms with E-state index in [1.165, 1.54) is 19.6 Å². The first-order valence-corrected chi connectivity index (χ1v) is 8.37. The monoisotopic (exact) mass is 290 g/mol. The zero-order valence-electron chi connectivity index (χ0n) is 11.6. The van der Waals surface area contributed by atoms with E-state index in [-0.39, 0.29) is 11.8 Å². The Balaban J connectivity index is 2.53. The second kappa shape index (κ2) is 6.14. The van der Waals surface area contributed by atoms with Crippen LogP contribution in [0.2, 0.25) is 0 Å². The lowest BCUT2D eigenvalue weighted by Gasteiger charge is -2.15. The van der Waals surface area contributed by atoms with Crippen LogP contribution in [-0.2, 0) is 10.0 Å². The molecule has 1 aromatic heterocycles. The highest BCUT2D eigenvalue weighted by Crippen LogP contribution is 2.25. The van der Waals surface area contributed by atoms with Crippen molar-refractivity contribution in [1.82, 2.24) is 9.62 Å². The average Bonchev–Trinajstić information content (AvgIpc) is 2.57. The molecule has 0 aliphatic heterocycles. The third-order valence-corrected chi connectivity index (χ3v) is 5.73. The Hall–Kier alpha value is -0.430. The van der Waals surface area contributed by atoms with E-state index in [0.717, 1.165) is 0 Å². The van der Waals surface area contributed by atoms with Gasteiger partial charge in [-0.2, -0.15) is 0 Å². The number of hydrogen-bond donors (Lipinski definition) is 1. The fraction of sp³-hybridized carbons (Fsp3) is 0.667. The Bertz CT molecular complexity index is 492. The van der Waals surface area contributed by atoms with Crippen LogP contribution in [0.5, 0.6) is 0 Å². The van der Waals surface area contributed by atoms with Crippen molar-refractivity contribution in [1.29, 1.82) is 0 Å². The SMILES string of the molecule is Cc1cc(C(C)NCCS(=O)(=O)N(C)C)c(C)s1. The number of sulfonamides is 1. The second-order valence-corrected chi connectivity index (χ2v) is 8.41. The fourth-order valence-corrected chi connectivity index (χ4v) is 3.54. The average molecular weight is 290 g/mol. The first kappa shape index (κ1) is 15.6. The fourth-order valence-electron chi connectivity index (χ4n) is 1.78. The predicted molar refractivity (Wildman–Crippen MR) is 77.7 cm³/mol. The number of aryl methyl sites for hydroxylation is 2. The van der Waals surface area contributed by atoms with Crippen LogP contribution in [0.3, 0.4) is 0 Å². The normalized spacial score (nSPS) is 14.1. The highest BCUT2D eigenvalue weighted by atomic mass is 32.2. The van der Waals surface area contributed by atoms with Gasteiger partial charge in [0, 0.05) is 36.4 Å². The summed E-state index contributed by atoms with van der Waals surface area (Å²) in [6.07, 6.45) is 0. The van der Waals surface area contributed by atoms with Crippen molar-refractivity contribution < 1.29 is 8.42 Å². The van der Waals surface area contributed by atoms with Crippen molar-refractivity contribution in [3.05, 3.63) is 21.4 Å². The number of hydrogen-bond acceptors (Lipinski definition) is 4. The summed E-state index contributed by atoms with van der Waals surface area (Å²) in [7, 11) is 0.0138. The second-order valence-electron chi connectivity index (χ2n) is 4.64. The van der Waals surface area contributed by atoms with E-state index < -0.39 is 10.0 Å². The van der Waals surface area contributed by atoms with E-state index in [9.17, 15) is 8.42 Å². The number of rotatable bonds is 6. The lowest BCUT2D eigenvalue weighted by molar-refractivity contribution is 0.512. The number of nitrogens with one attached hydrogen (secondary N) is 1. The van der Waals surface area contributed by atoms with E-state index in [1.54, 1.807) is 25.4 Å². The molecule has 0 aliphatic carbocycles. The van der Waals surface area contributed by atoms with Gasteiger partial charge in [-0.15, -0.1) is 11.3 Å². The van der Waals surface area contributed by atoms with Gasteiger partial charge in [-0.25, -0.2) is 12.7 Å². The van der Waals surface area contributed by atoms with Gasteiger partial charge in [0.15, 0.2) is 0 Å². The molecule has 0 amide bonds. The summed E-state index contributed by atoms with van der Waals surface area (Å²) in [5.41, 5.74) is 1.26. The highest BCUT2D eigenvalue weighted by molar-refractivity contribution is 7.89. The van der Waals surface area contributed by atoms with Crippen LogP contribution in [0, 0.1) is 13.8 Å². The van der Waals surface area contributed by atoms with Crippen molar-refractivity contribution in [3.8, 4) is 0 Å². The molecule has 0 aromatic carbocycles. The summed E-state index contributed by atoms with van der Waals surface area (Å²) in [5, 5.41) is 3.26. The molecule has 1 atom stereocenters. The highest BCUT2D eigenvalue weighted by Gasteiger charge is 2.15. The molecule has 1 rings (SSSR count). The topological polar surface area (TPSA) is 49.4 Å². The van der Waals surface area contributed by atoms with Crippen molar-refractivity contribution >= 4 is 21.4 Å². The van der Waals surface area contributed by atoms with E-state index >= 15 is 0 Å². The Morgan fingerprint density at radius 3 is 2.44 bits per heavy atom. The molecule has 0 saturated carbocycles. The van der Waals surface area contributed by atoms with E-state index in [1.807, 2.05) is 0 Å². The standard InChI is InChI=1S/C12H22N2O2S2/c1-9-8-12(11(3)17-9)10(2)13-6-7-18(15,16)14(4)5/h8,10,13H,6-7H2,1-5H3. The van der Waals surface area contributed by atoms with Crippen molar-refractivity contribution in [3.63, 3.8) is 0 Å². The largest absolute Gasteiger partial charge is 0.309 e. The number of thiophene rings is 1. The molecule has 1 aromatic rings. The van der Waals surface area contributed by atoms with Crippen LogP contribution in [-0.4, -0.2) is 39.1 Å². The maximum atomic E-state index is 11.6. The Labute approximate surface area is 114 Å². The van der Waals surface area contributed by atoms with Crippen LogP contribution in [0.4, 0.5) is 0 Å². The van der Waals surface area contributed by atoms with Gasteiger partial charge in [0.2, 0.25) is 10.0 Å². The van der Waals surface area contributed by atoms with E-state index in [0.29, 0.717) is 6.54 Å². The smallest absolute Gasteiger partial charge is 0.214 e. The van der Waals surface area contributed by atoms with Crippen LogP contribution < -0.4 is 5.32 Å². The van der Waals surface area contributed by atoms with Crippen LogP contribution in [0.25, 0.3) is 0 Å². The molecule has 1 N–H and O–H groups in total. The van der Waals surface area contributed by atoms with Gasteiger partial charge in [0.1, 0.15) is 0 Å². The quantitative estimate of drug-likeness (QED) is 0.870. The van der Waals surface area contributed by atoms with Gasteiger partial charge in [0.25, 0.3) is 0 Å². The Morgan fingerprint density at radius 2 is 2.00 bits per heavy atom. The van der Waals surface area contributed by atoms with Gasteiger partial charge >= 0.3 is 0 Å². The van der Waals surface area contributed by atoms with Crippen LogP contribution in [0.15, 0.2) is 6.07 Å². The summed E-state index contributed by atoms with van der Waals surface area (Å²) >= 11 is 1.77. The molecular weight excluding hydrogens is 268 g/mol. The minimum absolute atomic E-state index is 0.131. The summed E-state index contributed by atoms with van der Waals surface area (Å²) in [5.74, 6) is 0.131. The molecule has 104 valence electrons. The van der Waals surface area contributed by atoms with Crippen molar-refractivity contribution in [2.45, 2.75) is 26.8 Å². The molecule has 18 heavy (non-hydrogen) atoms. The minimum Gasteiger partial charge on any atom is -0.309 e. The third kappa shape index (κ3) is 4.05. The van der Waals surface area contributed by atoms with Crippen LogP contribution >= 0.6 is 11.3 Å². The minimum atomic E-state index is -3.11. The maximum absolute atomic E-state index is 11.6. The summed E-state index contributed by atoms with van der Waals surface area (Å²) in [4.78, 5) is 2.58. The summed E-state index contributed by atoms with van der Waals surface area (Å²) in [6, 6.07) is 2.35. The first-order chi connectivity index (χ1) is 8.24.